The van der Waals surface area contributed by atoms with E-state index in [1.54, 1.807) is 0 Å². The Morgan fingerprint density at radius 2 is 1.15 bits per heavy atom. The maximum absolute atomic E-state index is 11.0. The lowest BCUT2D eigenvalue weighted by Crippen LogP contribution is -2.12. The molecule has 0 aliphatic rings. The number of benzene rings is 2. The first-order valence-corrected chi connectivity index (χ1v) is 6.98. The number of aromatic carboxylic acids is 2. The van der Waals surface area contributed by atoms with Gasteiger partial charge in [-0.05, 0) is 12.1 Å². The second-order valence-electron chi connectivity index (χ2n) is 4.96. The Morgan fingerprint density at radius 1 is 0.778 bits per heavy atom. The van der Waals surface area contributed by atoms with E-state index in [0.29, 0.717) is 0 Å². The number of carboxylic acids is 2. The highest BCUT2D eigenvalue weighted by Crippen LogP contribution is 2.25. The summed E-state index contributed by atoms with van der Waals surface area (Å²) in [6.45, 7) is 0. The zero-order valence-electron chi connectivity index (χ0n) is 13.2. The van der Waals surface area contributed by atoms with Gasteiger partial charge in [-0.25, -0.2) is 9.59 Å². The maximum Gasteiger partial charge on any atom is 0.576 e. The fourth-order valence-corrected chi connectivity index (χ4v) is 1.96. The molecule has 0 saturated carbocycles. The Morgan fingerprint density at radius 3 is 1.44 bits per heavy atom. The smallest absolute Gasteiger partial charge is 0.528 e. The molecule has 2 rings (SSSR count). The van der Waals surface area contributed by atoms with Gasteiger partial charge >= 0.3 is 19.6 Å². The molecule has 2 N–H and O–H groups in total. The van der Waals surface area contributed by atoms with Gasteiger partial charge in [-0.2, -0.15) is 0 Å². The van der Waals surface area contributed by atoms with Gasteiger partial charge in [0, 0.05) is 12.1 Å². The molecule has 0 aromatic heterocycles. The fourth-order valence-electron chi connectivity index (χ4n) is 1.96. The monoisotopic (exact) mass is 376 g/mol. The number of nitro groups is 2. The molecule has 138 valence electrons. The number of nitrogens with zero attached hydrogens (tertiary/aromatic N) is 2. The van der Waals surface area contributed by atoms with Crippen molar-refractivity contribution in [3.05, 3.63) is 67.8 Å². The normalized spacial score (nSPS) is 9.93. The van der Waals surface area contributed by atoms with E-state index < -0.39 is 40.8 Å². The van der Waals surface area contributed by atoms with Gasteiger partial charge in [-0.1, -0.05) is 0 Å². The molecular weight excluding hydrogens is 367 g/mol. The highest BCUT2D eigenvalue weighted by atomic mass is 16.6. The second-order valence-corrected chi connectivity index (χ2v) is 4.96. The molecule has 0 amide bonds. The molecule has 0 bridgehead atoms. The van der Waals surface area contributed by atoms with Crippen LogP contribution in [0.15, 0.2) is 36.4 Å². The highest BCUT2D eigenvalue weighted by molar-refractivity contribution is 6.20. The van der Waals surface area contributed by atoms with E-state index in [1.807, 2.05) is 0 Å². The van der Waals surface area contributed by atoms with E-state index in [0.717, 1.165) is 36.4 Å². The van der Waals surface area contributed by atoms with Gasteiger partial charge in [0.05, 0.1) is 33.1 Å². The van der Waals surface area contributed by atoms with Gasteiger partial charge in [-0.3, -0.25) is 20.2 Å². The third-order valence-electron chi connectivity index (χ3n) is 3.15. The van der Waals surface area contributed by atoms with Crippen LogP contribution in [0.4, 0.5) is 11.4 Å². The lowest BCUT2D eigenvalue weighted by Gasteiger charge is -2.09. The van der Waals surface area contributed by atoms with Crippen molar-refractivity contribution in [2.24, 2.45) is 0 Å². The molecule has 2 aromatic rings. The van der Waals surface area contributed by atoms with E-state index in [1.165, 1.54) is 0 Å². The number of nitro benzene ring substituents is 2. The van der Waals surface area contributed by atoms with Gasteiger partial charge in [0.1, 0.15) is 11.5 Å². The number of hydrogen-bond donors (Lipinski definition) is 2. The summed E-state index contributed by atoms with van der Waals surface area (Å²) in [7, 11) is -0.611. The van der Waals surface area contributed by atoms with Crippen LogP contribution in [-0.4, -0.2) is 39.7 Å². The topological polar surface area (TPSA) is 179 Å². The molecule has 0 aliphatic carbocycles. The molecule has 13 heteroatoms. The standard InChI is InChI=1S/C14H9BN2O10/c18-13(19)7-1-9(16(22)23)5-11(3-7)26-15-27-12-4-8(14(20)21)2-10(6-12)17(24)25/h1-6,15H,(H,18,19)(H,20,21). The van der Waals surface area contributed by atoms with Crippen LogP contribution in [0.25, 0.3) is 0 Å². The van der Waals surface area contributed by atoms with Crippen LogP contribution in [0.3, 0.4) is 0 Å². The predicted molar refractivity (Wildman–Crippen MR) is 88.5 cm³/mol. The molecule has 0 atom stereocenters. The van der Waals surface area contributed by atoms with E-state index in [9.17, 15) is 29.8 Å². The van der Waals surface area contributed by atoms with Crippen molar-refractivity contribution in [3.8, 4) is 11.5 Å². The molecule has 2 aromatic carbocycles. The fraction of sp³-hybridized carbons (Fsp3) is 0. The van der Waals surface area contributed by atoms with Crippen LogP contribution >= 0.6 is 0 Å². The van der Waals surface area contributed by atoms with Crippen molar-refractivity contribution in [3.63, 3.8) is 0 Å². The largest absolute Gasteiger partial charge is 0.576 e. The second kappa shape index (κ2) is 7.82. The lowest BCUT2D eigenvalue weighted by molar-refractivity contribution is -0.385. The van der Waals surface area contributed by atoms with Gasteiger partial charge < -0.3 is 19.5 Å². The average Bonchev–Trinajstić information content (AvgIpc) is 2.61. The summed E-state index contributed by atoms with van der Waals surface area (Å²) < 4.78 is 10.2. The Kier molecular flexibility index (Phi) is 5.55. The minimum Gasteiger partial charge on any atom is -0.528 e. The van der Waals surface area contributed by atoms with Crippen LogP contribution in [0, 0.1) is 20.2 Å². The van der Waals surface area contributed by atoms with Crippen LogP contribution < -0.4 is 9.31 Å². The van der Waals surface area contributed by atoms with E-state index in [-0.39, 0.29) is 22.6 Å². The van der Waals surface area contributed by atoms with Crippen molar-refractivity contribution < 1.29 is 39.0 Å². The van der Waals surface area contributed by atoms with Crippen molar-refractivity contribution in [2.45, 2.75) is 0 Å². The molecule has 0 saturated heterocycles. The minimum atomic E-state index is -1.41. The summed E-state index contributed by atoms with van der Waals surface area (Å²) in [6, 6.07) is 5.66. The molecule has 12 nitrogen and oxygen atoms in total. The van der Waals surface area contributed by atoms with Gasteiger partial charge in [-0.15, -0.1) is 0 Å². The Bertz CT molecular complexity index is 805. The first-order chi connectivity index (χ1) is 12.7. The quantitative estimate of drug-likeness (QED) is 0.390. The average molecular weight is 376 g/mol. The SMILES string of the molecule is O=C(O)c1cc(OBOc2cc(C(=O)O)cc([N+](=O)[O-])c2)cc([N+](=O)[O-])c1. The third kappa shape index (κ3) is 4.91. The molecule has 0 spiro atoms. The van der Waals surface area contributed by atoms with Crippen molar-refractivity contribution >= 4 is 31.0 Å². The maximum atomic E-state index is 11.0. The van der Waals surface area contributed by atoms with Crippen molar-refractivity contribution in [1.82, 2.24) is 0 Å². The summed E-state index contributed by atoms with van der Waals surface area (Å²) >= 11 is 0. The molecule has 0 fully saturated rings. The Balaban J connectivity index is 2.19. The molecule has 0 heterocycles. The van der Waals surface area contributed by atoms with Gasteiger partial charge in [0.2, 0.25) is 0 Å². The van der Waals surface area contributed by atoms with E-state index in [4.69, 9.17) is 19.5 Å². The molecule has 27 heavy (non-hydrogen) atoms. The summed E-state index contributed by atoms with van der Waals surface area (Å²) in [6.07, 6.45) is 0. The number of carbonyl (C=O) groups is 2. The van der Waals surface area contributed by atoms with Crippen LogP contribution in [0.5, 0.6) is 11.5 Å². The number of hydrogen-bond acceptors (Lipinski definition) is 8. The lowest BCUT2D eigenvalue weighted by atomic mass is 10.1. The highest BCUT2D eigenvalue weighted by Gasteiger charge is 2.17. The number of rotatable bonds is 8. The van der Waals surface area contributed by atoms with Crippen molar-refractivity contribution in [1.29, 1.82) is 0 Å². The minimum absolute atomic E-state index is 0.189. The zero-order valence-corrected chi connectivity index (χ0v) is 13.2. The number of non-ortho nitro benzene ring substituents is 2. The zero-order chi connectivity index (χ0) is 20.1. The Hall–Kier alpha value is -4.16. The van der Waals surface area contributed by atoms with Crippen LogP contribution in [0.1, 0.15) is 20.7 Å². The molecule has 0 unspecified atom stereocenters. The molecule has 0 aliphatic heterocycles. The molecular formula is C14H9BN2O10. The van der Waals surface area contributed by atoms with E-state index >= 15 is 0 Å². The molecule has 0 radical (unpaired) electrons. The first-order valence-electron chi connectivity index (χ1n) is 6.98. The number of carboxylic acid groups (broad SMARTS) is 2. The summed E-state index contributed by atoms with van der Waals surface area (Å²) in [5.41, 5.74) is -1.81. The summed E-state index contributed by atoms with van der Waals surface area (Å²) in [4.78, 5) is 42.0. The first kappa shape index (κ1) is 19.2. The van der Waals surface area contributed by atoms with E-state index in [2.05, 4.69) is 0 Å². The summed E-state index contributed by atoms with van der Waals surface area (Å²) in [5, 5.41) is 39.6. The van der Waals surface area contributed by atoms with Crippen molar-refractivity contribution in [2.75, 3.05) is 0 Å². The Labute approximate surface area is 150 Å². The van der Waals surface area contributed by atoms with Gasteiger partial charge in [0.25, 0.3) is 11.4 Å². The van der Waals surface area contributed by atoms with Crippen LogP contribution in [-0.2, 0) is 0 Å². The predicted octanol–water partition coefficient (Wildman–Crippen LogP) is 1.62. The van der Waals surface area contributed by atoms with Crippen LogP contribution in [0.2, 0.25) is 0 Å². The van der Waals surface area contributed by atoms with Gasteiger partial charge in [0.15, 0.2) is 0 Å². The summed E-state index contributed by atoms with van der Waals surface area (Å²) in [5.74, 6) is -3.19. The third-order valence-corrected chi connectivity index (χ3v) is 3.15.